The van der Waals surface area contributed by atoms with Gasteiger partial charge in [0.05, 0.1) is 11.8 Å². The highest BCUT2D eigenvalue weighted by molar-refractivity contribution is 8.22. The number of rotatable bonds is 6. The second kappa shape index (κ2) is 5.91. The van der Waals surface area contributed by atoms with Gasteiger partial charge < -0.3 is 10.2 Å². The van der Waals surface area contributed by atoms with Gasteiger partial charge in [-0.25, -0.2) is 10.9 Å². The maximum atomic E-state index is 11.1. The molecule has 0 amide bonds. The van der Waals surface area contributed by atoms with Gasteiger partial charge in [-0.05, 0) is 17.2 Å². The van der Waals surface area contributed by atoms with Gasteiger partial charge in [-0.1, -0.05) is 26.0 Å². The summed E-state index contributed by atoms with van der Waals surface area (Å²) in [5, 5.41) is 21.9. The third-order valence-corrected chi connectivity index (χ3v) is 5.45. The molecular weight excluding hydrogens is 240 g/mol. The Morgan fingerprint density at radius 3 is 2.06 bits per heavy atom. The van der Waals surface area contributed by atoms with Gasteiger partial charge in [-0.2, -0.15) is 0 Å². The second-order valence-corrected chi connectivity index (χ2v) is 6.45. The number of hydrogen-bond acceptors (Lipinski definition) is 2. The van der Waals surface area contributed by atoms with Gasteiger partial charge in [-0.15, -0.1) is 0 Å². The average Bonchev–Trinajstić information content (AvgIpc) is 2.77. The van der Waals surface area contributed by atoms with Crippen LogP contribution in [0.5, 0.6) is 0 Å². The molecule has 1 heterocycles. The predicted molar refractivity (Wildman–Crippen MR) is 69.3 cm³/mol. The zero-order valence-corrected chi connectivity index (χ0v) is 10.8. The summed E-state index contributed by atoms with van der Waals surface area (Å²) in [5.74, 6) is -2.75. The quantitative estimate of drug-likeness (QED) is 0.639. The molecule has 96 valence electrons. The number of thiol groups is 1. The Balaban J connectivity index is 2.79. The molecule has 4 nitrogen and oxygen atoms in total. The van der Waals surface area contributed by atoms with Gasteiger partial charge in [-0.3, -0.25) is 9.59 Å². The van der Waals surface area contributed by atoms with Crippen LogP contribution in [-0.4, -0.2) is 27.4 Å². The Labute approximate surface area is 103 Å². The highest BCUT2D eigenvalue weighted by Crippen LogP contribution is 2.44. The first-order chi connectivity index (χ1) is 7.93. The van der Waals surface area contributed by atoms with E-state index < -0.39 is 34.7 Å². The lowest BCUT2D eigenvalue weighted by atomic mass is 9.97. The molecule has 1 aliphatic heterocycles. The van der Waals surface area contributed by atoms with Gasteiger partial charge in [0.15, 0.2) is 0 Å². The lowest BCUT2D eigenvalue weighted by Gasteiger charge is -2.29. The molecule has 0 spiro atoms. The molecule has 2 N–H and O–H groups in total. The molecule has 0 radical (unpaired) electrons. The molecule has 5 heteroatoms. The molecule has 0 aromatic carbocycles. The first kappa shape index (κ1) is 13.8. The molecule has 1 rings (SSSR count). The molecule has 0 fully saturated rings. The summed E-state index contributed by atoms with van der Waals surface area (Å²) in [6.07, 6.45) is 4.21. The Kier molecular flexibility index (Phi) is 4.81. The van der Waals surface area contributed by atoms with Gasteiger partial charge in [0.2, 0.25) is 0 Å². The van der Waals surface area contributed by atoms with Gasteiger partial charge >= 0.3 is 11.9 Å². The minimum Gasteiger partial charge on any atom is -0.481 e. The van der Waals surface area contributed by atoms with Crippen molar-refractivity contribution in [1.29, 1.82) is 0 Å². The third-order valence-electron chi connectivity index (χ3n) is 2.99. The topological polar surface area (TPSA) is 74.6 Å². The summed E-state index contributed by atoms with van der Waals surface area (Å²) in [4.78, 5) is 21.9. The van der Waals surface area contributed by atoms with E-state index in [-0.39, 0.29) is 5.25 Å². The highest BCUT2D eigenvalue weighted by atomic mass is 32.2. The van der Waals surface area contributed by atoms with Crippen molar-refractivity contribution in [3.63, 3.8) is 0 Å². The fourth-order valence-electron chi connectivity index (χ4n) is 1.78. The Morgan fingerprint density at radius 1 is 1.12 bits per heavy atom. The maximum absolute atomic E-state index is 11.1. The summed E-state index contributed by atoms with van der Waals surface area (Å²) >= 11 is 0. The largest absolute Gasteiger partial charge is 0.481 e. The number of allylic oxidation sites excluding steroid dienone is 2. The summed E-state index contributed by atoms with van der Waals surface area (Å²) in [6.45, 7) is 3.28. The van der Waals surface area contributed by atoms with Gasteiger partial charge in [0, 0.05) is 5.25 Å². The zero-order chi connectivity index (χ0) is 13.0. The first-order valence-electron chi connectivity index (χ1n) is 5.51. The number of hydrogen-bond donors (Lipinski definition) is 3. The number of aliphatic carboxylic acids is 2. The van der Waals surface area contributed by atoms with E-state index in [2.05, 4.69) is 0 Å². The van der Waals surface area contributed by atoms with E-state index in [4.69, 9.17) is 10.2 Å². The van der Waals surface area contributed by atoms with Crippen LogP contribution in [0, 0.1) is 11.8 Å². The smallest absolute Gasteiger partial charge is 0.307 e. The Hall–Kier alpha value is -1.23. The lowest BCUT2D eigenvalue weighted by molar-refractivity contribution is -0.144. The second-order valence-electron chi connectivity index (χ2n) is 4.30. The molecule has 0 bridgehead atoms. The first-order valence-corrected chi connectivity index (χ1v) is 7.06. The number of carbonyl (C=O) groups is 2. The van der Waals surface area contributed by atoms with Crippen LogP contribution in [0.4, 0.5) is 0 Å². The molecule has 0 saturated carbocycles. The van der Waals surface area contributed by atoms with Crippen LogP contribution in [0.2, 0.25) is 0 Å². The predicted octanol–water partition coefficient (Wildman–Crippen LogP) is 2.23. The van der Waals surface area contributed by atoms with Crippen LogP contribution >= 0.6 is 10.9 Å². The normalized spacial score (nSPS) is 21.2. The number of carboxylic acids is 2. The van der Waals surface area contributed by atoms with Crippen molar-refractivity contribution in [3.8, 4) is 0 Å². The van der Waals surface area contributed by atoms with Crippen molar-refractivity contribution in [1.82, 2.24) is 0 Å². The lowest BCUT2D eigenvalue weighted by Crippen LogP contribution is -2.28. The molecule has 3 unspecified atom stereocenters. The molecule has 17 heavy (non-hydrogen) atoms. The maximum Gasteiger partial charge on any atom is 0.307 e. The van der Waals surface area contributed by atoms with Crippen molar-refractivity contribution < 1.29 is 19.8 Å². The minimum absolute atomic E-state index is 0.108. The summed E-state index contributed by atoms with van der Waals surface area (Å²) in [7, 11) is -0.643. The molecule has 0 saturated heterocycles. The summed E-state index contributed by atoms with van der Waals surface area (Å²) in [6, 6.07) is 0. The van der Waals surface area contributed by atoms with E-state index in [0.717, 1.165) is 0 Å². The van der Waals surface area contributed by atoms with Gasteiger partial charge in [0.25, 0.3) is 0 Å². The zero-order valence-electron chi connectivity index (χ0n) is 9.91. The van der Waals surface area contributed by atoms with Crippen molar-refractivity contribution >= 4 is 22.8 Å². The van der Waals surface area contributed by atoms with Crippen LogP contribution in [0.1, 0.15) is 20.3 Å². The van der Waals surface area contributed by atoms with Crippen LogP contribution in [0.3, 0.4) is 0 Å². The SMILES string of the molecule is CC(CC(C(C)C(=O)O)[SH]1C=CC=C1)C(=O)O. The minimum atomic E-state index is -0.866. The molecule has 1 aliphatic rings. The molecule has 3 atom stereocenters. The Bertz CT molecular complexity index is 350. The fourth-order valence-corrected chi connectivity index (χ4v) is 4.12. The van der Waals surface area contributed by atoms with Crippen LogP contribution in [0.25, 0.3) is 0 Å². The van der Waals surface area contributed by atoms with Gasteiger partial charge in [0.1, 0.15) is 0 Å². The van der Waals surface area contributed by atoms with E-state index >= 15 is 0 Å². The van der Waals surface area contributed by atoms with Crippen LogP contribution < -0.4 is 0 Å². The van der Waals surface area contributed by atoms with Crippen molar-refractivity contribution in [2.24, 2.45) is 11.8 Å². The van der Waals surface area contributed by atoms with Crippen molar-refractivity contribution in [2.75, 3.05) is 0 Å². The molecule has 0 aromatic rings. The Morgan fingerprint density at radius 2 is 1.65 bits per heavy atom. The van der Waals surface area contributed by atoms with E-state index in [9.17, 15) is 9.59 Å². The summed E-state index contributed by atoms with van der Waals surface area (Å²) in [5.41, 5.74) is 0. The molecular formula is C12H18O4S. The molecule has 0 aromatic heterocycles. The van der Waals surface area contributed by atoms with E-state index in [1.54, 1.807) is 13.8 Å². The number of carboxylic acid groups (broad SMARTS) is 2. The van der Waals surface area contributed by atoms with E-state index in [1.807, 2.05) is 23.0 Å². The van der Waals surface area contributed by atoms with Crippen LogP contribution in [0.15, 0.2) is 23.0 Å². The van der Waals surface area contributed by atoms with E-state index in [0.29, 0.717) is 6.42 Å². The van der Waals surface area contributed by atoms with Crippen molar-refractivity contribution in [3.05, 3.63) is 23.0 Å². The monoisotopic (exact) mass is 258 g/mol. The summed E-state index contributed by atoms with van der Waals surface area (Å²) < 4.78 is 0. The van der Waals surface area contributed by atoms with Crippen molar-refractivity contribution in [2.45, 2.75) is 25.5 Å². The standard InChI is InChI=1S/C12H18O4S/c1-8(11(13)14)7-10(9(2)12(15)16)17-5-3-4-6-17/h3-6,8-10,17H,7H2,1-2H3,(H,13,14)(H,15,16). The molecule has 0 aliphatic carbocycles. The highest BCUT2D eigenvalue weighted by Gasteiger charge is 2.30. The van der Waals surface area contributed by atoms with Crippen LogP contribution in [-0.2, 0) is 9.59 Å². The van der Waals surface area contributed by atoms with E-state index in [1.165, 1.54) is 0 Å². The fraction of sp³-hybridized carbons (Fsp3) is 0.500. The average molecular weight is 258 g/mol. The third kappa shape index (κ3) is 3.63.